The van der Waals surface area contributed by atoms with E-state index in [0.717, 1.165) is 12.8 Å². The van der Waals surface area contributed by atoms with Crippen molar-refractivity contribution in [1.29, 1.82) is 0 Å². The molecule has 0 aromatic heterocycles. The van der Waals surface area contributed by atoms with E-state index in [9.17, 15) is 4.79 Å². The Hall–Kier alpha value is 0.0500. The van der Waals surface area contributed by atoms with Crippen LogP contribution in [0.5, 0.6) is 0 Å². The molecule has 0 spiro atoms. The second-order valence-electron chi connectivity index (χ2n) is 4.03. The first-order chi connectivity index (χ1) is 6.09. The minimum absolute atomic E-state index is 0.209. The molecule has 0 bridgehead atoms. The van der Waals surface area contributed by atoms with Crippen molar-refractivity contribution in [1.82, 2.24) is 5.32 Å². The van der Waals surface area contributed by atoms with Gasteiger partial charge in [0.2, 0.25) is 0 Å². The summed E-state index contributed by atoms with van der Waals surface area (Å²) in [6, 6.07) is 0.326. The maximum absolute atomic E-state index is 11.4. The molecule has 1 saturated heterocycles. The third-order valence-electron chi connectivity index (χ3n) is 3.08. The van der Waals surface area contributed by atoms with Crippen molar-refractivity contribution >= 4 is 29.1 Å². The minimum atomic E-state index is -1.18. The highest BCUT2D eigenvalue weighted by Gasteiger charge is 2.45. The molecule has 74 valence electrons. The van der Waals surface area contributed by atoms with Crippen LogP contribution in [0.4, 0.5) is 0 Å². The summed E-state index contributed by atoms with van der Waals surface area (Å²) in [5, 5.41) is 2.91. The molecule has 2 rings (SSSR count). The number of carbonyl (C=O) groups is 1. The Bertz CT molecular complexity index is 230. The van der Waals surface area contributed by atoms with Gasteiger partial charge >= 0.3 is 0 Å². The molecule has 0 aromatic rings. The van der Waals surface area contributed by atoms with Crippen LogP contribution in [0.2, 0.25) is 0 Å². The number of nitrogens with one attached hydrogen (secondary N) is 1. The van der Waals surface area contributed by atoms with Gasteiger partial charge in [0.15, 0.2) is 4.33 Å². The maximum atomic E-state index is 11.4. The van der Waals surface area contributed by atoms with Gasteiger partial charge in [0.25, 0.3) is 5.91 Å². The van der Waals surface area contributed by atoms with Crippen LogP contribution in [0.1, 0.15) is 32.1 Å². The molecule has 2 aliphatic rings. The van der Waals surface area contributed by atoms with E-state index in [4.69, 9.17) is 23.2 Å². The predicted molar refractivity (Wildman–Crippen MR) is 52.9 cm³/mol. The molecule has 2 fully saturated rings. The van der Waals surface area contributed by atoms with Crippen molar-refractivity contribution in [2.45, 2.75) is 42.5 Å². The molecule has 2 unspecified atom stereocenters. The number of fused-ring (bicyclic) bond motifs is 1. The summed E-state index contributed by atoms with van der Waals surface area (Å²) in [6.45, 7) is 0. The van der Waals surface area contributed by atoms with Gasteiger partial charge in [-0.1, -0.05) is 36.0 Å². The predicted octanol–water partition coefficient (Wildman–Crippen LogP) is 2.24. The molecule has 0 radical (unpaired) electrons. The molecular weight excluding hydrogens is 209 g/mol. The highest BCUT2D eigenvalue weighted by Crippen LogP contribution is 2.40. The van der Waals surface area contributed by atoms with Gasteiger partial charge in [-0.3, -0.25) is 4.79 Å². The maximum Gasteiger partial charge on any atom is 0.256 e. The average molecular weight is 222 g/mol. The van der Waals surface area contributed by atoms with E-state index < -0.39 is 4.33 Å². The van der Waals surface area contributed by atoms with Gasteiger partial charge in [-0.2, -0.15) is 0 Å². The minimum Gasteiger partial charge on any atom is -0.350 e. The van der Waals surface area contributed by atoms with Crippen LogP contribution in [-0.2, 0) is 4.79 Å². The van der Waals surface area contributed by atoms with Gasteiger partial charge in [0.05, 0.1) is 0 Å². The summed E-state index contributed by atoms with van der Waals surface area (Å²) >= 11 is 11.8. The number of amides is 1. The van der Waals surface area contributed by atoms with E-state index in [0.29, 0.717) is 18.4 Å². The molecule has 4 heteroatoms. The van der Waals surface area contributed by atoms with Crippen LogP contribution in [0.25, 0.3) is 0 Å². The number of carbonyl (C=O) groups excluding carboxylic acids is 1. The third-order valence-corrected chi connectivity index (χ3v) is 3.73. The van der Waals surface area contributed by atoms with Crippen molar-refractivity contribution < 1.29 is 4.79 Å². The Balaban J connectivity index is 2.10. The second-order valence-corrected chi connectivity index (χ2v) is 5.52. The molecule has 1 aliphatic carbocycles. The quantitative estimate of drug-likeness (QED) is 0.625. The van der Waals surface area contributed by atoms with Gasteiger partial charge in [-0.25, -0.2) is 0 Å². The lowest BCUT2D eigenvalue weighted by atomic mass is 9.79. The van der Waals surface area contributed by atoms with Crippen LogP contribution in [0.3, 0.4) is 0 Å². The summed E-state index contributed by atoms with van der Waals surface area (Å²) < 4.78 is -1.18. The lowest BCUT2D eigenvalue weighted by molar-refractivity contribution is -0.125. The number of hydrogen-bond donors (Lipinski definition) is 1. The Kier molecular flexibility index (Phi) is 2.45. The topological polar surface area (TPSA) is 29.1 Å². The number of alkyl halides is 2. The zero-order valence-electron chi connectivity index (χ0n) is 7.35. The largest absolute Gasteiger partial charge is 0.350 e. The van der Waals surface area contributed by atoms with Crippen molar-refractivity contribution in [3.8, 4) is 0 Å². The number of piperidine rings is 1. The molecular formula is C9H13Cl2NO. The SMILES string of the molecule is O=C1NC2CCCCC2CC1(Cl)Cl. The van der Waals surface area contributed by atoms with Crippen molar-refractivity contribution in [3.05, 3.63) is 0 Å². The smallest absolute Gasteiger partial charge is 0.256 e. The van der Waals surface area contributed by atoms with Crippen LogP contribution in [0.15, 0.2) is 0 Å². The Morgan fingerprint density at radius 2 is 2.00 bits per heavy atom. The molecule has 1 aliphatic heterocycles. The van der Waals surface area contributed by atoms with Crippen molar-refractivity contribution in [2.75, 3.05) is 0 Å². The van der Waals surface area contributed by atoms with Gasteiger partial charge in [-0.15, -0.1) is 0 Å². The molecule has 1 N–H and O–H groups in total. The highest BCUT2D eigenvalue weighted by molar-refractivity contribution is 6.58. The first-order valence-electron chi connectivity index (χ1n) is 4.78. The molecule has 1 heterocycles. The molecule has 0 aromatic carbocycles. The van der Waals surface area contributed by atoms with E-state index in [1.165, 1.54) is 12.8 Å². The van der Waals surface area contributed by atoms with Crippen LogP contribution in [0, 0.1) is 5.92 Å². The van der Waals surface area contributed by atoms with E-state index in [1.54, 1.807) is 0 Å². The summed E-state index contributed by atoms with van der Waals surface area (Å²) in [4.78, 5) is 11.4. The van der Waals surface area contributed by atoms with Gasteiger partial charge in [0, 0.05) is 6.04 Å². The van der Waals surface area contributed by atoms with Gasteiger partial charge in [-0.05, 0) is 25.2 Å². The fraction of sp³-hybridized carbons (Fsp3) is 0.889. The van der Waals surface area contributed by atoms with E-state index in [-0.39, 0.29) is 5.91 Å². The molecule has 1 saturated carbocycles. The van der Waals surface area contributed by atoms with E-state index in [2.05, 4.69) is 5.32 Å². The number of hydrogen-bond acceptors (Lipinski definition) is 1. The monoisotopic (exact) mass is 221 g/mol. The summed E-state index contributed by atoms with van der Waals surface area (Å²) in [6.07, 6.45) is 5.29. The Labute approximate surface area is 88.0 Å². The van der Waals surface area contributed by atoms with E-state index in [1.807, 2.05) is 0 Å². The third kappa shape index (κ3) is 1.79. The molecule has 2 nitrogen and oxygen atoms in total. The Morgan fingerprint density at radius 1 is 1.31 bits per heavy atom. The summed E-state index contributed by atoms with van der Waals surface area (Å²) in [5.74, 6) is 0.278. The number of rotatable bonds is 0. The molecule has 1 amide bonds. The lowest BCUT2D eigenvalue weighted by Crippen LogP contribution is -2.55. The fourth-order valence-corrected chi connectivity index (χ4v) is 2.84. The normalized spacial score (nSPS) is 37.8. The Morgan fingerprint density at radius 3 is 2.77 bits per heavy atom. The first kappa shape index (κ1) is 9.60. The zero-order chi connectivity index (χ0) is 9.47. The first-order valence-corrected chi connectivity index (χ1v) is 5.54. The summed E-state index contributed by atoms with van der Waals surface area (Å²) in [7, 11) is 0. The van der Waals surface area contributed by atoms with Crippen molar-refractivity contribution in [3.63, 3.8) is 0 Å². The zero-order valence-corrected chi connectivity index (χ0v) is 8.87. The standard InChI is InChI=1S/C9H13Cl2NO/c10-9(11)5-6-3-1-2-4-7(6)12-8(9)13/h6-7H,1-5H2,(H,12,13). The lowest BCUT2D eigenvalue weighted by Gasteiger charge is -2.40. The van der Waals surface area contributed by atoms with Crippen LogP contribution < -0.4 is 5.32 Å². The van der Waals surface area contributed by atoms with Crippen molar-refractivity contribution in [2.24, 2.45) is 5.92 Å². The molecule has 2 atom stereocenters. The van der Waals surface area contributed by atoms with E-state index >= 15 is 0 Å². The average Bonchev–Trinajstić information content (AvgIpc) is 2.06. The van der Waals surface area contributed by atoms with Crippen LogP contribution >= 0.6 is 23.2 Å². The summed E-state index contributed by atoms with van der Waals surface area (Å²) in [5.41, 5.74) is 0. The highest BCUT2D eigenvalue weighted by atomic mass is 35.5. The van der Waals surface area contributed by atoms with Gasteiger partial charge < -0.3 is 5.32 Å². The fourth-order valence-electron chi connectivity index (χ4n) is 2.34. The second kappa shape index (κ2) is 3.32. The van der Waals surface area contributed by atoms with Crippen LogP contribution in [-0.4, -0.2) is 16.3 Å². The molecule has 13 heavy (non-hydrogen) atoms. The van der Waals surface area contributed by atoms with Gasteiger partial charge in [0.1, 0.15) is 0 Å². The number of halogens is 2.